The van der Waals surface area contributed by atoms with E-state index in [4.69, 9.17) is 9.15 Å². The van der Waals surface area contributed by atoms with Gasteiger partial charge in [0.1, 0.15) is 5.75 Å². The Bertz CT molecular complexity index is 626. The van der Waals surface area contributed by atoms with E-state index in [1.807, 2.05) is 0 Å². The van der Waals surface area contributed by atoms with Crippen LogP contribution in [0.1, 0.15) is 26.7 Å². The molecule has 0 aliphatic rings. The highest BCUT2D eigenvalue weighted by atomic mass is 19.4. The number of carbonyl (C=O) groups is 2. The Balaban J connectivity index is 2.10. The number of carbonyl (C=O) groups excluding carboxylic acids is 2. The first-order valence-electron chi connectivity index (χ1n) is 5.34. The van der Waals surface area contributed by atoms with Gasteiger partial charge in [-0.1, -0.05) is 0 Å². The first kappa shape index (κ1) is 13.9. The highest BCUT2D eigenvalue weighted by molar-refractivity contribution is 5.89. The van der Waals surface area contributed by atoms with Crippen LogP contribution in [0.15, 0.2) is 40.8 Å². The van der Waals surface area contributed by atoms with E-state index in [0.717, 1.165) is 24.3 Å². The van der Waals surface area contributed by atoms with Gasteiger partial charge in [-0.15, -0.1) is 0 Å². The van der Waals surface area contributed by atoms with E-state index in [-0.39, 0.29) is 17.3 Å². The lowest BCUT2D eigenvalue weighted by Crippen LogP contribution is -2.08. The number of hydrogen-bond donors (Lipinski definition) is 0. The minimum Gasteiger partial charge on any atom is -0.446 e. The Kier molecular flexibility index (Phi) is 3.60. The summed E-state index contributed by atoms with van der Waals surface area (Å²) in [5, 5.41) is 0. The maximum atomic E-state index is 12.3. The second-order valence-corrected chi connectivity index (χ2v) is 3.73. The summed E-state index contributed by atoms with van der Waals surface area (Å²) in [5.41, 5.74) is -0.849. The van der Waals surface area contributed by atoms with Gasteiger partial charge in [0.05, 0.1) is 5.56 Å². The lowest BCUT2D eigenvalue weighted by Gasteiger charge is -2.07. The minimum absolute atomic E-state index is 0.0515. The van der Waals surface area contributed by atoms with Gasteiger partial charge < -0.3 is 9.15 Å². The molecule has 0 bridgehead atoms. The van der Waals surface area contributed by atoms with Gasteiger partial charge in [0.2, 0.25) is 5.76 Å². The highest BCUT2D eigenvalue weighted by Gasteiger charge is 2.30. The van der Waals surface area contributed by atoms with Gasteiger partial charge in [-0.05, 0) is 36.4 Å². The van der Waals surface area contributed by atoms with E-state index < -0.39 is 17.7 Å². The van der Waals surface area contributed by atoms with Crippen LogP contribution in [0.2, 0.25) is 0 Å². The van der Waals surface area contributed by atoms with Gasteiger partial charge in [0, 0.05) is 0 Å². The number of hydrogen-bond acceptors (Lipinski definition) is 4. The van der Waals surface area contributed by atoms with Crippen molar-refractivity contribution in [2.45, 2.75) is 6.18 Å². The Labute approximate surface area is 110 Å². The molecular formula is C13H7F3O4. The van der Waals surface area contributed by atoms with Crippen LogP contribution in [0, 0.1) is 0 Å². The fourth-order valence-corrected chi connectivity index (χ4v) is 1.40. The number of halogens is 3. The molecule has 1 aromatic carbocycles. The van der Waals surface area contributed by atoms with Crippen LogP contribution in [0.4, 0.5) is 13.2 Å². The standard InChI is InChI=1S/C13H7F3O4/c14-13(15,16)8-1-3-9(4-2-8)20-12(18)11-6-5-10(7-17)19-11/h1-7H. The maximum absolute atomic E-state index is 12.3. The van der Waals surface area contributed by atoms with E-state index in [9.17, 15) is 22.8 Å². The zero-order chi connectivity index (χ0) is 14.8. The molecule has 2 rings (SSSR count). The topological polar surface area (TPSA) is 56.5 Å². The summed E-state index contributed by atoms with van der Waals surface area (Å²) in [7, 11) is 0. The van der Waals surface area contributed by atoms with Crippen molar-refractivity contribution in [3.05, 3.63) is 53.5 Å². The first-order valence-corrected chi connectivity index (χ1v) is 5.34. The van der Waals surface area contributed by atoms with Gasteiger partial charge in [-0.3, -0.25) is 4.79 Å². The largest absolute Gasteiger partial charge is 0.446 e. The molecule has 20 heavy (non-hydrogen) atoms. The lowest BCUT2D eigenvalue weighted by molar-refractivity contribution is -0.137. The van der Waals surface area contributed by atoms with Gasteiger partial charge in [-0.25, -0.2) is 4.79 Å². The summed E-state index contributed by atoms with van der Waals surface area (Å²) in [4.78, 5) is 22.0. The van der Waals surface area contributed by atoms with E-state index in [0.29, 0.717) is 6.29 Å². The van der Waals surface area contributed by atoms with Crippen molar-refractivity contribution >= 4 is 12.3 Å². The Morgan fingerprint density at radius 2 is 1.75 bits per heavy atom. The summed E-state index contributed by atoms with van der Waals surface area (Å²) >= 11 is 0. The molecule has 0 N–H and O–H groups in total. The fraction of sp³-hybridized carbons (Fsp3) is 0.0769. The molecule has 0 atom stereocenters. The van der Waals surface area contributed by atoms with Crippen LogP contribution in [0.5, 0.6) is 5.75 Å². The number of esters is 1. The minimum atomic E-state index is -4.46. The van der Waals surface area contributed by atoms with Crippen LogP contribution in [-0.4, -0.2) is 12.3 Å². The van der Waals surface area contributed by atoms with Gasteiger partial charge in [0.15, 0.2) is 12.0 Å². The van der Waals surface area contributed by atoms with Crippen LogP contribution >= 0.6 is 0 Å². The molecule has 2 aromatic rings. The molecule has 0 radical (unpaired) electrons. The third-order valence-electron chi connectivity index (χ3n) is 2.34. The van der Waals surface area contributed by atoms with E-state index in [1.165, 1.54) is 12.1 Å². The maximum Gasteiger partial charge on any atom is 0.416 e. The summed E-state index contributed by atoms with van der Waals surface area (Å²) in [6.07, 6.45) is -4.04. The molecular weight excluding hydrogens is 277 g/mol. The number of furan rings is 1. The number of alkyl halides is 3. The lowest BCUT2D eigenvalue weighted by atomic mass is 10.2. The van der Waals surface area contributed by atoms with Crippen molar-refractivity contribution in [1.29, 1.82) is 0 Å². The first-order chi connectivity index (χ1) is 9.40. The van der Waals surface area contributed by atoms with Crippen molar-refractivity contribution in [2.24, 2.45) is 0 Å². The zero-order valence-electron chi connectivity index (χ0n) is 9.81. The molecule has 0 spiro atoms. The van der Waals surface area contributed by atoms with Crippen molar-refractivity contribution in [1.82, 2.24) is 0 Å². The van der Waals surface area contributed by atoms with E-state index in [1.54, 1.807) is 0 Å². The van der Waals surface area contributed by atoms with E-state index in [2.05, 4.69) is 0 Å². The van der Waals surface area contributed by atoms with Gasteiger partial charge in [0.25, 0.3) is 0 Å². The Hall–Kier alpha value is -2.57. The Morgan fingerprint density at radius 1 is 1.10 bits per heavy atom. The predicted octanol–water partition coefficient (Wildman–Crippen LogP) is 3.33. The highest BCUT2D eigenvalue weighted by Crippen LogP contribution is 2.30. The van der Waals surface area contributed by atoms with Crippen molar-refractivity contribution in [2.75, 3.05) is 0 Å². The molecule has 0 amide bonds. The molecule has 104 valence electrons. The van der Waals surface area contributed by atoms with Gasteiger partial charge in [-0.2, -0.15) is 13.2 Å². The molecule has 0 unspecified atom stereocenters. The molecule has 1 aromatic heterocycles. The van der Waals surface area contributed by atoms with Crippen LogP contribution in [-0.2, 0) is 6.18 Å². The fourth-order valence-electron chi connectivity index (χ4n) is 1.40. The average Bonchev–Trinajstić information content (AvgIpc) is 2.87. The molecule has 1 heterocycles. The van der Waals surface area contributed by atoms with Crippen molar-refractivity contribution in [3.8, 4) is 5.75 Å². The SMILES string of the molecule is O=Cc1ccc(C(=O)Oc2ccc(C(F)(F)F)cc2)o1. The average molecular weight is 284 g/mol. The summed E-state index contributed by atoms with van der Waals surface area (Å²) < 4.78 is 46.6. The van der Waals surface area contributed by atoms with Crippen LogP contribution in [0.25, 0.3) is 0 Å². The summed E-state index contributed by atoms with van der Waals surface area (Å²) in [6.45, 7) is 0. The Morgan fingerprint density at radius 3 is 2.25 bits per heavy atom. The quantitative estimate of drug-likeness (QED) is 0.493. The number of benzene rings is 1. The van der Waals surface area contributed by atoms with E-state index >= 15 is 0 Å². The van der Waals surface area contributed by atoms with Crippen molar-refractivity contribution < 1.29 is 31.9 Å². The summed E-state index contributed by atoms with van der Waals surface area (Å²) in [6, 6.07) is 6.13. The second-order valence-electron chi connectivity index (χ2n) is 3.73. The molecule has 0 saturated carbocycles. The molecule has 0 aliphatic heterocycles. The van der Waals surface area contributed by atoms with Crippen LogP contribution in [0.3, 0.4) is 0 Å². The normalized spacial score (nSPS) is 11.2. The molecule has 7 heteroatoms. The molecule has 0 aliphatic carbocycles. The summed E-state index contributed by atoms with van der Waals surface area (Å²) in [5.74, 6) is -1.23. The monoisotopic (exact) mass is 284 g/mol. The van der Waals surface area contributed by atoms with Crippen LogP contribution < -0.4 is 4.74 Å². The molecule has 4 nitrogen and oxygen atoms in total. The smallest absolute Gasteiger partial charge is 0.416 e. The third-order valence-corrected chi connectivity index (χ3v) is 2.34. The number of ether oxygens (including phenoxy) is 1. The second kappa shape index (κ2) is 5.20. The zero-order valence-corrected chi connectivity index (χ0v) is 9.81. The predicted molar refractivity (Wildman–Crippen MR) is 60.5 cm³/mol. The van der Waals surface area contributed by atoms with Gasteiger partial charge >= 0.3 is 12.1 Å². The third kappa shape index (κ3) is 3.05. The molecule has 0 fully saturated rings. The number of aldehydes is 1. The molecule has 0 saturated heterocycles. The van der Waals surface area contributed by atoms with Crippen molar-refractivity contribution in [3.63, 3.8) is 0 Å². The number of rotatable bonds is 3.